The van der Waals surface area contributed by atoms with Crippen molar-refractivity contribution in [3.05, 3.63) is 35.4 Å². The summed E-state index contributed by atoms with van der Waals surface area (Å²) in [7, 11) is 0. The van der Waals surface area contributed by atoms with Crippen LogP contribution in [-0.4, -0.2) is 23.4 Å². The number of hydrogen-bond acceptors (Lipinski definition) is 2. The van der Waals surface area contributed by atoms with Gasteiger partial charge in [0.25, 0.3) is 0 Å². The maximum atomic E-state index is 12.3. The Morgan fingerprint density at radius 3 is 2.40 bits per heavy atom. The largest absolute Gasteiger partial charge is 0.337 e. The number of carbonyl (C=O) groups is 1. The summed E-state index contributed by atoms with van der Waals surface area (Å²) < 4.78 is 0. The van der Waals surface area contributed by atoms with Crippen molar-refractivity contribution in [1.29, 1.82) is 0 Å². The molecule has 2 N–H and O–H groups in total. The summed E-state index contributed by atoms with van der Waals surface area (Å²) in [6, 6.07) is 7.78. The number of nitrogens with zero attached hydrogens (tertiary/aromatic N) is 1. The third-order valence-corrected chi connectivity index (χ3v) is 3.36. The number of nitrogens with two attached hydrogens (primary N) is 1. The maximum absolute atomic E-state index is 12.3. The van der Waals surface area contributed by atoms with E-state index in [1.807, 2.05) is 24.0 Å². The molecule has 0 fully saturated rings. The van der Waals surface area contributed by atoms with Crippen LogP contribution in [0.1, 0.15) is 38.3 Å². The summed E-state index contributed by atoms with van der Waals surface area (Å²) in [5.41, 5.74) is 8.40. The van der Waals surface area contributed by atoms with Gasteiger partial charge in [-0.2, -0.15) is 0 Å². The van der Waals surface area contributed by atoms with Crippen molar-refractivity contribution in [1.82, 2.24) is 4.90 Å². The molecule has 0 aliphatic rings. The molecule has 0 saturated carbocycles. The molecule has 0 aliphatic heterocycles. The van der Waals surface area contributed by atoms with Gasteiger partial charge in [0.2, 0.25) is 5.91 Å². The van der Waals surface area contributed by atoms with Crippen molar-refractivity contribution >= 4 is 18.3 Å². The van der Waals surface area contributed by atoms with Crippen LogP contribution in [0.25, 0.3) is 0 Å². The molecule has 0 heterocycles. The second-order valence-corrected chi connectivity index (χ2v) is 5.51. The molecule has 1 aromatic carbocycles. The van der Waals surface area contributed by atoms with Crippen LogP contribution in [0.15, 0.2) is 24.3 Å². The Bertz CT molecular complexity index is 421. The number of likely N-dealkylation sites (N-methyl/N-ethyl adjacent to an activating group) is 1. The van der Waals surface area contributed by atoms with E-state index in [1.165, 1.54) is 11.1 Å². The summed E-state index contributed by atoms with van der Waals surface area (Å²) in [6.07, 6.45) is 0.739. The fraction of sp³-hybridized carbons (Fsp3) is 0.562. The third-order valence-electron chi connectivity index (χ3n) is 3.36. The van der Waals surface area contributed by atoms with Gasteiger partial charge in [0.1, 0.15) is 0 Å². The zero-order chi connectivity index (χ0) is 14.4. The summed E-state index contributed by atoms with van der Waals surface area (Å²) in [6.45, 7) is 9.59. The van der Waals surface area contributed by atoms with E-state index in [4.69, 9.17) is 5.73 Å². The normalized spacial score (nSPS) is 11.9. The van der Waals surface area contributed by atoms with Gasteiger partial charge in [-0.25, -0.2) is 0 Å². The topological polar surface area (TPSA) is 46.3 Å². The molecule has 3 nitrogen and oxygen atoms in total. The van der Waals surface area contributed by atoms with E-state index in [9.17, 15) is 4.79 Å². The van der Waals surface area contributed by atoms with Gasteiger partial charge in [-0.1, -0.05) is 38.1 Å². The van der Waals surface area contributed by atoms with Crippen molar-refractivity contribution in [2.75, 3.05) is 6.54 Å². The standard InChI is InChI=1S/C16H26N2O.ClH/c1-5-18(16(19)15(17)10-12(2)3)11-14-9-7-6-8-13(14)4;/h6-9,12,15H,5,10-11,17H2,1-4H3;1H. The van der Waals surface area contributed by atoms with Crippen LogP contribution in [0.4, 0.5) is 0 Å². The Labute approximate surface area is 128 Å². The van der Waals surface area contributed by atoms with Crippen LogP contribution in [0.2, 0.25) is 0 Å². The van der Waals surface area contributed by atoms with Crippen LogP contribution in [0.3, 0.4) is 0 Å². The van der Waals surface area contributed by atoms with Crippen molar-refractivity contribution < 1.29 is 4.79 Å². The Kier molecular flexibility index (Phi) is 8.51. The lowest BCUT2D eigenvalue weighted by atomic mass is 10.0. The molecule has 1 atom stereocenters. The first-order chi connectivity index (χ1) is 8.95. The van der Waals surface area contributed by atoms with Crippen molar-refractivity contribution in [2.45, 2.75) is 46.7 Å². The minimum absolute atomic E-state index is 0. The summed E-state index contributed by atoms with van der Waals surface area (Å²) >= 11 is 0. The van der Waals surface area contributed by atoms with Crippen molar-refractivity contribution in [3.63, 3.8) is 0 Å². The fourth-order valence-electron chi connectivity index (χ4n) is 2.18. The summed E-state index contributed by atoms with van der Waals surface area (Å²) in [5, 5.41) is 0. The number of benzene rings is 1. The highest BCUT2D eigenvalue weighted by molar-refractivity contribution is 5.85. The van der Waals surface area contributed by atoms with Crippen LogP contribution < -0.4 is 5.73 Å². The van der Waals surface area contributed by atoms with Gasteiger partial charge < -0.3 is 10.6 Å². The predicted octanol–water partition coefficient (Wildman–Crippen LogP) is 3.14. The van der Waals surface area contributed by atoms with Gasteiger partial charge in [0, 0.05) is 13.1 Å². The smallest absolute Gasteiger partial charge is 0.239 e. The molecule has 0 radical (unpaired) electrons. The fourth-order valence-corrected chi connectivity index (χ4v) is 2.18. The Morgan fingerprint density at radius 1 is 1.30 bits per heavy atom. The van der Waals surface area contributed by atoms with Gasteiger partial charge in [0.05, 0.1) is 6.04 Å². The monoisotopic (exact) mass is 298 g/mol. The first-order valence-electron chi connectivity index (χ1n) is 7.04. The number of aryl methyl sites for hydroxylation is 1. The molecule has 1 amide bonds. The minimum atomic E-state index is -0.385. The molecular weight excluding hydrogens is 272 g/mol. The van der Waals surface area contributed by atoms with Crippen LogP contribution in [0, 0.1) is 12.8 Å². The lowest BCUT2D eigenvalue weighted by Gasteiger charge is -2.26. The SMILES string of the molecule is CCN(Cc1ccccc1C)C(=O)C(N)CC(C)C.Cl. The molecule has 1 rings (SSSR count). The minimum Gasteiger partial charge on any atom is -0.337 e. The summed E-state index contributed by atoms with van der Waals surface area (Å²) in [4.78, 5) is 14.2. The van der Waals surface area contributed by atoms with E-state index in [1.54, 1.807) is 0 Å². The Hall–Kier alpha value is -1.06. The predicted molar refractivity (Wildman–Crippen MR) is 86.9 cm³/mol. The molecule has 0 aliphatic carbocycles. The molecule has 0 spiro atoms. The lowest BCUT2D eigenvalue weighted by molar-refractivity contribution is -0.133. The second-order valence-electron chi connectivity index (χ2n) is 5.51. The number of hydrogen-bond donors (Lipinski definition) is 1. The lowest BCUT2D eigenvalue weighted by Crippen LogP contribution is -2.44. The molecular formula is C16H27ClN2O. The molecule has 0 aromatic heterocycles. The molecule has 4 heteroatoms. The average molecular weight is 299 g/mol. The zero-order valence-corrected chi connectivity index (χ0v) is 13.7. The van der Waals surface area contributed by atoms with Gasteiger partial charge in [-0.05, 0) is 37.3 Å². The van der Waals surface area contributed by atoms with Crippen LogP contribution in [0.5, 0.6) is 0 Å². The van der Waals surface area contributed by atoms with E-state index in [0.29, 0.717) is 19.0 Å². The average Bonchev–Trinajstić information content (AvgIpc) is 2.36. The van der Waals surface area contributed by atoms with Gasteiger partial charge in [-0.3, -0.25) is 4.79 Å². The van der Waals surface area contributed by atoms with Crippen molar-refractivity contribution in [2.24, 2.45) is 11.7 Å². The molecule has 0 saturated heterocycles. The first-order valence-corrected chi connectivity index (χ1v) is 7.04. The van der Waals surface area contributed by atoms with E-state index in [-0.39, 0.29) is 24.4 Å². The van der Waals surface area contributed by atoms with E-state index in [2.05, 4.69) is 32.9 Å². The van der Waals surface area contributed by atoms with Crippen LogP contribution in [-0.2, 0) is 11.3 Å². The zero-order valence-electron chi connectivity index (χ0n) is 12.9. The molecule has 1 unspecified atom stereocenters. The summed E-state index contributed by atoms with van der Waals surface area (Å²) in [5.74, 6) is 0.496. The maximum Gasteiger partial charge on any atom is 0.239 e. The number of amides is 1. The molecule has 0 bridgehead atoms. The highest BCUT2D eigenvalue weighted by Crippen LogP contribution is 2.12. The van der Waals surface area contributed by atoms with Gasteiger partial charge >= 0.3 is 0 Å². The van der Waals surface area contributed by atoms with Crippen molar-refractivity contribution in [3.8, 4) is 0 Å². The quantitative estimate of drug-likeness (QED) is 0.877. The highest BCUT2D eigenvalue weighted by Gasteiger charge is 2.21. The Morgan fingerprint density at radius 2 is 1.90 bits per heavy atom. The third kappa shape index (κ3) is 5.51. The number of halogens is 1. The molecule has 1 aromatic rings. The van der Waals surface area contributed by atoms with Crippen LogP contribution >= 0.6 is 12.4 Å². The molecule has 114 valence electrons. The van der Waals surface area contributed by atoms with Gasteiger partial charge in [-0.15, -0.1) is 12.4 Å². The second kappa shape index (κ2) is 8.98. The number of rotatable bonds is 6. The van der Waals surface area contributed by atoms with E-state index < -0.39 is 0 Å². The first kappa shape index (κ1) is 18.9. The van der Waals surface area contributed by atoms with E-state index >= 15 is 0 Å². The number of carbonyl (C=O) groups excluding carboxylic acids is 1. The van der Waals surface area contributed by atoms with Gasteiger partial charge in [0.15, 0.2) is 0 Å². The highest BCUT2D eigenvalue weighted by atomic mass is 35.5. The molecule has 20 heavy (non-hydrogen) atoms. The Balaban J connectivity index is 0.00000361. The van der Waals surface area contributed by atoms with E-state index in [0.717, 1.165) is 6.42 Å².